The van der Waals surface area contributed by atoms with Gasteiger partial charge in [0.1, 0.15) is 11.1 Å². The first kappa shape index (κ1) is 23.5. The number of hydrogen-bond donors (Lipinski definition) is 1. The van der Waals surface area contributed by atoms with Gasteiger partial charge in [0.15, 0.2) is 0 Å². The molecule has 0 unspecified atom stereocenters. The number of rotatable bonds is 7. The Bertz CT molecular complexity index is 819. The minimum atomic E-state index is -0.447. The third-order valence-electron chi connectivity index (χ3n) is 6.66. The van der Waals surface area contributed by atoms with Crippen molar-refractivity contribution in [3.8, 4) is 0 Å². The van der Waals surface area contributed by atoms with Crippen LogP contribution in [0.3, 0.4) is 0 Å². The van der Waals surface area contributed by atoms with Crippen LogP contribution < -0.4 is 10.7 Å². The summed E-state index contributed by atoms with van der Waals surface area (Å²) in [6.07, 6.45) is 10.7. The highest BCUT2D eigenvalue weighted by molar-refractivity contribution is 5.99. The molecule has 0 spiro atoms. The van der Waals surface area contributed by atoms with Crippen molar-refractivity contribution in [3.05, 3.63) is 33.7 Å². The summed E-state index contributed by atoms with van der Waals surface area (Å²) in [7, 11) is 0. The highest BCUT2D eigenvalue weighted by atomic mass is 16.2. The molecule has 2 heterocycles. The molecule has 31 heavy (non-hydrogen) atoms. The number of aromatic nitrogens is 1. The molecule has 0 radical (unpaired) electrons. The lowest BCUT2D eigenvalue weighted by Gasteiger charge is -2.37. The van der Waals surface area contributed by atoms with Crippen LogP contribution >= 0.6 is 0 Å². The molecule has 7 nitrogen and oxygen atoms in total. The number of carbonyl (C=O) groups excluding carboxylic acids is 2. The monoisotopic (exact) mass is 430 g/mol. The number of piperazine rings is 1. The van der Waals surface area contributed by atoms with Gasteiger partial charge in [-0.05, 0) is 33.1 Å². The summed E-state index contributed by atoms with van der Waals surface area (Å²) < 4.78 is 1.97. The topological polar surface area (TPSA) is 74.7 Å². The van der Waals surface area contributed by atoms with Gasteiger partial charge in [0, 0.05) is 57.2 Å². The number of pyridine rings is 1. The SMILES string of the molecule is CCCCNC(=O)c1cn(C2CCCCC2)cc(C(=O)N2CCN(C(C)C)CC2)c1=O. The van der Waals surface area contributed by atoms with Crippen LogP contribution in [-0.2, 0) is 0 Å². The Morgan fingerprint density at radius 1 is 1.03 bits per heavy atom. The minimum Gasteiger partial charge on any atom is -0.352 e. The van der Waals surface area contributed by atoms with E-state index in [4.69, 9.17) is 0 Å². The Morgan fingerprint density at radius 2 is 1.68 bits per heavy atom. The van der Waals surface area contributed by atoms with Gasteiger partial charge in [-0.25, -0.2) is 0 Å². The average molecular weight is 431 g/mol. The van der Waals surface area contributed by atoms with Gasteiger partial charge in [0.05, 0.1) is 0 Å². The second kappa shape index (κ2) is 10.9. The lowest BCUT2D eigenvalue weighted by atomic mass is 9.95. The molecule has 1 aliphatic heterocycles. The zero-order valence-electron chi connectivity index (χ0n) is 19.4. The number of unbranched alkanes of at least 4 members (excludes halogenated alkanes) is 1. The number of carbonyl (C=O) groups is 2. The molecule has 0 bridgehead atoms. The Labute approximate surface area is 185 Å². The van der Waals surface area contributed by atoms with Gasteiger partial charge in [-0.15, -0.1) is 0 Å². The number of amides is 2. The summed E-state index contributed by atoms with van der Waals surface area (Å²) >= 11 is 0. The fourth-order valence-corrected chi connectivity index (χ4v) is 4.59. The van der Waals surface area contributed by atoms with Crippen molar-refractivity contribution in [1.29, 1.82) is 0 Å². The predicted molar refractivity (Wildman–Crippen MR) is 123 cm³/mol. The molecule has 0 aromatic carbocycles. The lowest BCUT2D eigenvalue weighted by Crippen LogP contribution is -2.51. The van der Waals surface area contributed by atoms with Gasteiger partial charge >= 0.3 is 0 Å². The molecule has 1 saturated heterocycles. The highest BCUT2D eigenvalue weighted by Gasteiger charge is 2.28. The quantitative estimate of drug-likeness (QED) is 0.675. The molecular formula is C24H38N4O3. The smallest absolute Gasteiger partial charge is 0.259 e. The molecule has 2 fully saturated rings. The average Bonchev–Trinajstić information content (AvgIpc) is 2.79. The molecular weight excluding hydrogens is 392 g/mol. The van der Waals surface area contributed by atoms with E-state index in [0.29, 0.717) is 25.7 Å². The maximum Gasteiger partial charge on any atom is 0.259 e. The van der Waals surface area contributed by atoms with Crippen molar-refractivity contribution in [2.75, 3.05) is 32.7 Å². The lowest BCUT2D eigenvalue weighted by molar-refractivity contribution is 0.0593. The van der Waals surface area contributed by atoms with E-state index in [9.17, 15) is 14.4 Å². The summed E-state index contributed by atoms with van der Waals surface area (Å²) in [4.78, 5) is 43.4. The highest BCUT2D eigenvalue weighted by Crippen LogP contribution is 2.28. The van der Waals surface area contributed by atoms with Crippen LogP contribution in [-0.4, -0.2) is 64.9 Å². The molecule has 2 aliphatic rings. The van der Waals surface area contributed by atoms with E-state index in [1.807, 2.05) is 4.57 Å². The first-order valence-electron chi connectivity index (χ1n) is 12.0. The van der Waals surface area contributed by atoms with Crippen LogP contribution in [0.15, 0.2) is 17.2 Å². The van der Waals surface area contributed by atoms with Gasteiger partial charge in [0.25, 0.3) is 11.8 Å². The number of nitrogens with zero attached hydrogens (tertiary/aromatic N) is 3. The van der Waals surface area contributed by atoms with Gasteiger partial charge < -0.3 is 14.8 Å². The van der Waals surface area contributed by atoms with E-state index in [0.717, 1.165) is 51.6 Å². The fraction of sp³-hybridized carbons (Fsp3) is 0.708. The third-order valence-corrected chi connectivity index (χ3v) is 6.66. The minimum absolute atomic E-state index is 0.0911. The Balaban J connectivity index is 1.88. The second-order valence-electron chi connectivity index (χ2n) is 9.19. The summed E-state index contributed by atoms with van der Waals surface area (Å²) in [6.45, 7) is 9.71. The van der Waals surface area contributed by atoms with E-state index in [2.05, 4.69) is 31.0 Å². The van der Waals surface area contributed by atoms with Gasteiger partial charge in [0.2, 0.25) is 5.43 Å². The van der Waals surface area contributed by atoms with Crippen molar-refractivity contribution in [2.45, 2.75) is 77.8 Å². The molecule has 2 amide bonds. The van der Waals surface area contributed by atoms with Gasteiger partial charge in [-0.1, -0.05) is 32.6 Å². The summed E-state index contributed by atoms with van der Waals surface area (Å²) in [5, 5.41) is 2.85. The molecule has 1 aromatic heterocycles. The zero-order valence-corrected chi connectivity index (χ0v) is 19.4. The summed E-state index contributed by atoms with van der Waals surface area (Å²) in [5.41, 5.74) is -0.225. The Hall–Kier alpha value is -2.15. The van der Waals surface area contributed by atoms with Crippen LogP contribution in [0.4, 0.5) is 0 Å². The molecule has 1 aliphatic carbocycles. The Kier molecular flexibility index (Phi) is 8.29. The maximum absolute atomic E-state index is 13.3. The van der Waals surface area contributed by atoms with Crippen LogP contribution in [0.2, 0.25) is 0 Å². The fourth-order valence-electron chi connectivity index (χ4n) is 4.59. The van der Waals surface area contributed by atoms with E-state index in [1.165, 1.54) is 6.42 Å². The second-order valence-corrected chi connectivity index (χ2v) is 9.19. The molecule has 0 atom stereocenters. The van der Waals surface area contributed by atoms with Crippen molar-refractivity contribution >= 4 is 11.8 Å². The van der Waals surface area contributed by atoms with Crippen LogP contribution in [0.1, 0.15) is 92.5 Å². The van der Waals surface area contributed by atoms with E-state index >= 15 is 0 Å². The number of hydrogen-bond acceptors (Lipinski definition) is 4. The largest absolute Gasteiger partial charge is 0.352 e. The first-order chi connectivity index (χ1) is 14.9. The van der Waals surface area contributed by atoms with Crippen molar-refractivity contribution in [3.63, 3.8) is 0 Å². The van der Waals surface area contributed by atoms with E-state index < -0.39 is 5.43 Å². The van der Waals surface area contributed by atoms with Crippen LogP contribution in [0.5, 0.6) is 0 Å². The molecule has 1 aromatic rings. The van der Waals surface area contributed by atoms with Crippen molar-refractivity contribution in [1.82, 2.24) is 19.7 Å². The normalized spacial score (nSPS) is 18.4. The molecule has 7 heteroatoms. The zero-order chi connectivity index (χ0) is 22.4. The van der Waals surface area contributed by atoms with Crippen molar-refractivity contribution in [2.24, 2.45) is 0 Å². The summed E-state index contributed by atoms with van der Waals surface area (Å²) in [5.74, 6) is -0.622. The molecule has 3 rings (SSSR count). The molecule has 1 saturated carbocycles. The van der Waals surface area contributed by atoms with E-state index in [1.54, 1.807) is 17.3 Å². The molecule has 172 valence electrons. The first-order valence-corrected chi connectivity index (χ1v) is 12.0. The Morgan fingerprint density at radius 3 is 2.29 bits per heavy atom. The predicted octanol–water partition coefficient (Wildman–Crippen LogP) is 3.05. The van der Waals surface area contributed by atoms with Gasteiger partial charge in [-0.3, -0.25) is 19.3 Å². The van der Waals surface area contributed by atoms with Gasteiger partial charge in [-0.2, -0.15) is 0 Å². The summed E-state index contributed by atoms with van der Waals surface area (Å²) in [6, 6.07) is 0.678. The number of nitrogens with one attached hydrogen (secondary N) is 1. The van der Waals surface area contributed by atoms with E-state index in [-0.39, 0.29) is 29.0 Å². The van der Waals surface area contributed by atoms with Crippen LogP contribution in [0.25, 0.3) is 0 Å². The van der Waals surface area contributed by atoms with Crippen LogP contribution in [0, 0.1) is 0 Å². The standard InChI is InChI=1S/C24H38N4O3/c1-4-5-11-25-23(30)20-16-28(19-9-7-6-8-10-19)17-21(22(20)29)24(31)27-14-12-26(13-15-27)18(2)3/h16-19H,4-15H2,1-3H3,(H,25,30). The van der Waals surface area contributed by atoms with Crippen molar-refractivity contribution < 1.29 is 9.59 Å². The third kappa shape index (κ3) is 5.76. The maximum atomic E-state index is 13.3. The molecule has 1 N–H and O–H groups in total.